The molecule has 2 rings (SSSR count). The number of carboxylic acid groups (broad SMARTS) is 1. The van der Waals surface area contributed by atoms with Crippen molar-refractivity contribution in [2.75, 3.05) is 18.5 Å². The smallest absolute Gasteiger partial charge is 0.326 e. The van der Waals surface area contributed by atoms with E-state index in [4.69, 9.17) is 5.11 Å². The minimum Gasteiger partial charge on any atom is -0.480 e. The number of likely N-dealkylation sites (N-methyl/N-ethyl adjacent to an activating group) is 1. The topological polar surface area (TPSA) is 77.9 Å². The normalized spacial score (nSPS) is 18.8. The molecule has 1 aliphatic heterocycles. The lowest BCUT2D eigenvalue weighted by atomic mass is 10.1. The van der Waals surface area contributed by atoms with Gasteiger partial charge >= 0.3 is 5.97 Å². The van der Waals surface area contributed by atoms with E-state index in [1.807, 2.05) is 24.3 Å². The predicted octanol–water partition coefficient (Wildman–Crippen LogP) is 1.53. The van der Waals surface area contributed by atoms with Crippen molar-refractivity contribution >= 4 is 23.5 Å². The number of benzene rings is 1. The molecular weight excluding hydrogens is 296 g/mol. The fraction of sp³-hybridized carbons (Fsp3) is 0.471. The van der Waals surface area contributed by atoms with Gasteiger partial charge in [-0.15, -0.1) is 0 Å². The van der Waals surface area contributed by atoms with Crippen LogP contribution in [0.3, 0.4) is 0 Å². The van der Waals surface area contributed by atoms with E-state index in [1.165, 1.54) is 24.4 Å². The first-order valence-electron chi connectivity index (χ1n) is 7.74. The van der Waals surface area contributed by atoms with Gasteiger partial charge in [-0.1, -0.05) is 19.1 Å². The van der Waals surface area contributed by atoms with E-state index >= 15 is 0 Å². The molecule has 0 bridgehead atoms. The number of hydrogen-bond donors (Lipinski definition) is 1. The Bertz CT molecular complexity index is 612. The third-order valence-electron chi connectivity index (χ3n) is 4.42. The number of carbonyl (C=O) groups excluding carboxylic acids is 2. The minimum atomic E-state index is -1.06. The monoisotopic (exact) mass is 318 g/mol. The molecule has 0 saturated carbocycles. The molecule has 1 aromatic rings. The molecule has 2 atom stereocenters. The molecule has 124 valence electrons. The quantitative estimate of drug-likeness (QED) is 0.893. The first kappa shape index (κ1) is 17.0. The van der Waals surface area contributed by atoms with Gasteiger partial charge < -0.3 is 14.9 Å². The summed E-state index contributed by atoms with van der Waals surface area (Å²) < 4.78 is 0. The van der Waals surface area contributed by atoms with Crippen LogP contribution < -0.4 is 4.90 Å². The lowest BCUT2D eigenvalue weighted by Crippen LogP contribution is -2.43. The highest BCUT2D eigenvalue weighted by atomic mass is 16.4. The number of hydrogen-bond acceptors (Lipinski definition) is 3. The van der Waals surface area contributed by atoms with Gasteiger partial charge in [-0.25, -0.2) is 4.79 Å². The van der Waals surface area contributed by atoms with E-state index in [9.17, 15) is 14.4 Å². The number of nitrogens with zero attached hydrogens (tertiary/aromatic N) is 2. The molecule has 2 unspecified atom stereocenters. The molecule has 0 spiro atoms. The summed E-state index contributed by atoms with van der Waals surface area (Å²) in [5.74, 6) is -1.97. The summed E-state index contributed by atoms with van der Waals surface area (Å²) in [6, 6.07) is 6.79. The minimum absolute atomic E-state index is 0.107. The molecule has 1 fully saturated rings. The average molecular weight is 318 g/mol. The highest BCUT2D eigenvalue weighted by Gasteiger charge is 2.38. The van der Waals surface area contributed by atoms with Crippen LogP contribution in [0.4, 0.5) is 5.69 Å². The molecule has 0 radical (unpaired) electrons. The zero-order valence-corrected chi connectivity index (χ0v) is 13.7. The fourth-order valence-corrected chi connectivity index (χ4v) is 2.68. The van der Waals surface area contributed by atoms with E-state index < -0.39 is 17.9 Å². The molecule has 0 aliphatic carbocycles. The lowest BCUT2D eigenvalue weighted by molar-refractivity contribution is -0.149. The SMILES string of the molecule is CCc1ccc(N2CC(C(=O)N(C)C(C)C(=O)O)CC2=O)cc1. The molecule has 0 aromatic heterocycles. The van der Waals surface area contributed by atoms with Crippen molar-refractivity contribution in [3.05, 3.63) is 29.8 Å². The first-order chi connectivity index (χ1) is 10.8. The van der Waals surface area contributed by atoms with Crippen molar-refractivity contribution in [1.29, 1.82) is 0 Å². The summed E-state index contributed by atoms with van der Waals surface area (Å²) >= 11 is 0. The van der Waals surface area contributed by atoms with Crippen LogP contribution in [-0.4, -0.2) is 47.4 Å². The highest BCUT2D eigenvalue weighted by molar-refractivity contribution is 6.00. The van der Waals surface area contributed by atoms with E-state index in [0.717, 1.165) is 12.1 Å². The number of rotatable bonds is 5. The molecule has 6 nitrogen and oxygen atoms in total. The second-order valence-electron chi connectivity index (χ2n) is 5.89. The van der Waals surface area contributed by atoms with Crippen molar-refractivity contribution in [3.8, 4) is 0 Å². The van der Waals surface area contributed by atoms with Gasteiger partial charge in [0, 0.05) is 25.7 Å². The maximum atomic E-state index is 12.4. The summed E-state index contributed by atoms with van der Waals surface area (Å²) in [4.78, 5) is 38.4. The van der Waals surface area contributed by atoms with Crippen molar-refractivity contribution in [2.24, 2.45) is 5.92 Å². The molecule has 1 saturated heterocycles. The molecule has 1 aliphatic rings. The molecular formula is C17H22N2O4. The van der Waals surface area contributed by atoms with Crippen LogP contribution >= 0.6 is 0 Å². The van der Waals surface area contributed by atoms with Gasteiger partial charge in [0.05, 0.1) is 5.92 Å². The van der Waals surface area contributed by atoms with Crippen molar-refractivity contribution in [1.82, 2.24) is 4.90 Å². The van der Waals surface area contributed by atoms with E-state index in [1.54, 1.807) is 4.90 Å². The van der Waals surface area contributed by atoms with Crippen LogP contribution in [0.15, 0.2) is 24.3 Å². The van der Waals surface area contributed by atoms with Crippen LogP contribution in [-0.2, 0) is 20.8 Å². The average Bonchev–Trinajstić information content (AvgIpc) is 2.94. The summed E-state index contributed by atoms with van der Waals surface area (Å²) in [6.45, 7) is 3.81. The van der Waals surface area contributed by atoms with Gasteiger partial charge in [0.25, 0.3) is 0 Å². The summed E-state index contributed by atoms with van der Waals surface area (Å²) in [5.41, 5.74) is 1.96. The Labute approximate surface area is 135 Å². The standard InChI is InChI=1S/C17H22N2O4/c1-4-12-5-7-14(8-6-12)19-10-13(9-15(19)20)16(21)18(3)11(2)17(22)23/h5-8,11,13H,4,9-10H2,1-3H3,(H,22,23). The molecule has 23 heavy (non-hydrogen) atoms. The lowest BCUT2D eigenvalue weighted by Gasteiger charge is -2.24. The van der Waals surface area contributed by atoms with Gasteiger partial charge in [-0.3, -0.25) is 9.59 Å². The van der Waals surface area contributed by atoms with Crippen LogP contribution in [0.1, 0.15) is 25.8 Å². The Morgan fingerprint density at radius 2 is 1.96 bits per heavy atom. The number of carbonyl (C=O) groups is 3. The Balaban J connectivity index is 2.09. The van der Waals surface area contributed by atoms with Crippen molar-refractivity contribution in [2.45, 2.75) is 32.7 Å². The van der Waals surface area contributed by atoms with Crippen LogP contribution in [0.5, 0.6) is 0 Å². The van der Waals surface area contributed by atoms with Crippen molar-refractivity contribution < 1.29 is 19.5 Å². The highest BCUT2D eigenvalue weighted by Crippen LogP contribution is 2.27. The maximum absolute atomic E-state index is 12.4. The summed E-state index contributed by atoms with van der Waals surface area (Å²) in [7, 11) is 1.46. The largest absolute Gasteiger partial charge is 0.480 e. The van der Waals surface area contributed by atoms with E-state index in [-0.39, 0.29) is 18.2 Å². The zero-order valence-electron chi connectivity index (χ0n) is 13.7. The zero-order chi connectivity index (χ0) is 17.1. The second-order valence-corrected chi connectivity index (χ2v) is 5.89. The third-order valence-corrected chi connectivity index (χ3v) is 4.42. The first-order valence-corrected chi connectivity index (χ1v) is 7.74. The Hall–Kier alpha value is -2.37. The maximum Gasteiger partial charge on any atom is 0.326 e. The third kappa shape index (κ3) is 3.52. The molecule has 1 aromatic carbocycles. The van der Waals surface area contributed by atoms with E-state index in [0.29, 0.717) is 6.54 Å². The van der Waals surface area contributed by atoms with Crippen molar-refractivity contribution in [3.63, 3.8) is 0 Å². The molecule has 2 amide bonds. The Kier molecular flexibility index (Phi) is 5.03. The van der Waals surface area contributed by atoms with Crippen LogP contribution in [0.25, 0.3) is 0 Å². The molecule has 1 heterocycles. The second kappa shape index (κ2) is 6.81. The summed E-state index contributed by atoms with van der Waals surface area (Å²) in [6.07, 6.45) is 1.04. The van der Waals surface area contributed by atoms with Crippen LogP contribution in [0.2, 0.25) is 0 Å². The molecule has 6 heteroatoms. The van der Waals surface area contributed by atoms with Gasteiger partial charge in [-0.05, 0) is 31.0 Å². The Morgan fingerprint density at radius 1 is 1.35 bits per heavy atom. The number of carboxylic acids is 1. The van der Waals surface area contributed by atoms with Gasteiger partial charge in [-0.2, -0.15) is 0 Å². The Morgan fingerprint density at radius 3 is 2.48 bits per heavy atom. The number of amides is 2. The summed E-state index contributed by atoms with van der Waals surface area (Å²) in [5, 5.41) is 9.00. The number of anilines is 1. The number of aliphatic carboxylic acids is 1. The van der Waals surface area contributed by atoms with Crippen LogP contribution in [0, 0.1) is 5.92 Å². The van der Waals surface area contributed by atoms with Gasteiger partial charge in [0.1, 0.15) is 6.04 Å². The van der Waals surface area contributed by atoms with Gasteiger partial charge in [0.2, 0.25) is 11.8 Å². The predicted molar refractivity (Wildman–Crippen MR) is 86.1 cm³/mol. The molecule has 1 N–H and O–H groups in total. The fourth-order valence-electron chi connectivity index (χ4n) is 2.68. The number of aryl methyl sites for hydroxylation is 1. The van der Waals surface area contributed by atoms with E-state index in [2.05, 4.69) is 6.92 Å². The van der Waals surface area contributed by atoms with Gasteiger partial charge in [0.15, 0.2) is 0 Å².